The van der Waals surface area contributed by atoms with Crippen molar-refractivity contribution in [2.24, 2.45) is 0 Å². The molecule has 1 amide bonds. The minimum Gasteiger partial charge on any atom is -0.478 e. The lowest BCUT2D eigenvalue weighted by Gasteiger charge is -2.12. The number of amides is 1. The van der Waals surface area contributed by atoms with Crippen LogP contribution < -0.4 is 5.32 Å². The minimum atomic E-state index is -1.45. The maximum atomic E-state index is 14.5. The molecule has 0 atom stereocenters. The first-order chi connectivity index (χ1) is 13.7. The van der Waals surface area contributed by atoms with Crippen LogP contribution in [-0.4, -0.2) is 17.0 Å². The lowest BCUT2D eigenvalue weighted by Crippen LogP contribution is -2.18. The van der Waals surface area contributed by atoms with Crippen molar-refractivity contribution < 1.29 is 23.5 Å². The smallest absolute Gasteiger partial charge is 0.336 e. The summed E-state index contributed by atoms with van der Waals surface area (Å²) < 4.78 is 29.1. The zero-order chi connectivity index (χ0) is 21.3. The van der Waals surface area contributed by atoms with Gasteiger partial charge in [-0.25, -0.2) is 13.6 Å². The Kier molecular flexibility index (Phi) is 6.07. The Hall–Kier alpha value is -2.67. The summed E-state index contributed by atoms with van der Waals surface area (Å²) in [4.78, 5) is 23.9. The van der Waals surface area contributed by atoms with E-state index in [1.807, 2.05) is 5.32 Å². The summed E-state index contributed by atoms with van der Waals surface area (Å²) in [6.07, 6.45) is 0. The molecule has 0 aliphatic heterocycles. The number of hydrogen-bond donors (Lipinski definition) is 2. The summed E-state index contributed by atoms with van der Waals surface area (Å²) >= 11 is 17.7. The number of halogens is 5. The van der Waals surface area contributed by atoms with Crippen molar-refractivity contribution in [2.45, 2.75) is 0 Å². The van der Waals surface area contributed by atoms with Crippen LogP contribution in [-0.2, 0) is 0 Å². The van der Waals surface area contributed by atoms with Gasteiger partial charge in [0.25, 0.3) is 5.91 Å². The predicted octanol–water partition coefficient (Wildman–Crippen LogP) is 6.54. The number of benzene rings is 3. The van der Waals surface area contributed by atoms with Crippen molar-refractivity contribution >= 4 is 52.4 Å². The minimum absolute atomic E-state index is 0.0814. The molecule has 29 heavy (non-hydrogen) atoms. The Morgan fingerprint density at radius 3 is 1.93 bits per heavy atom. The molecule has 0 radical (unpaired) electrons. The molecular weight excluding hydrogens is 447 g/mol. The van der Waals surface area contributed by atoms with Crippen LogP contribution >= 0.6 is 34.8 Å². The maximum absolute atomic E-state index is 14.5. The second-order valence-corrected chi connectivity index (χ2v) is 7.09. The standard InChI is InChI=1S/C20H10Cl3F2NO3/c21-13-4-2-1-3-10(13)9-5-16(24)18(17(25)6-9)26-19(27)11-7-14(22)15(23)8-12(11)20(28)29/h1-8H,(H,26,27)(H,28,29). The highest BCUT2D eigenvalue weighted by Crippen LogP contribution is 2.32. The summed E-state index contributed by atoms with van der Waals surface area (Å²) in [5.41, 5.74) is -1.04. The van der Waals surface area contributed by atoms with Gasteiger partial charge in [-0.3, -0.25) is 4.79 Å². The third-order valence-electron chi connectivity index (χ3n) is 4.00. The molecule has 9 heteroatoms. The van der Waals surface area contributed by atoms with Gasteiger partial charge >= 0.3 is 5.97 Å². The Morgan fingerprint density at radius 1 is 0.828 bits per heavy atom. The van der Waals surface area contributed by atoms with Crippen molar-refractivity contribution in [2.75, 3.05) is 5.32 Å². The van der Waals surface area contributed by atoms with Gasteiger partial charge in [-0.05, 0) is 35.9 Å². The van der Waals surface area contributed by atoms with Crippen LogP contribution in [0.3, 0.4) is 0 Å². The van der Waals surface area contributed by atoms with Crippen molar-refractivity contribution in [3.05, 3.63) is 86.4 Å². The normalized spacial score (nSPS) is 10.7. The highest BCUT2D eigenvalue weighted by Gasteiger charge is 2.22. The highest BCUT2D eigenvalue weighted by molar-refractivity contribution is 6.42. The maximum Gasteiger partial charge on any atom is 0.336 e. The number of rotatable bonds is 4. The fourth-order valence-corrected chi connectivity index (χ4v) is 3.21. The van der Waals surface area contributed by atoms with Gasteiger partial charge in [-0.15, -0.1) is 0 Å². The molecule has 0 saturated heterocycles. The van der Waals surface area contributed by atoms with Crippen LogP contribution in [0, 0.1) is 11.6 Å². The topological polar surface area (TPSA) is 66.4 Å². The second kappa shape index (κ2) is 8.37. The van der Waals surface area contributed by atoms with Crippen LogP contribution in [0.25, 0.3) is 11.1 Å². The largest absolute Gasteiger partial charge is 0.478 e. The van der Waals surface area contributed by atoms with E-state index in [1.165, 1.54) is 0 Å². The van der Waals surface area contributed by atoms with E-state index in [0.717, 1.165) is 24.3 Å². The molecule has 2 N–H and O–H groups in total. The SMILES string of the molecule is O=C(O)c1cc(Cl)c(Cl)cc1C(=O)Nc1c(F)cc(-c2ccccc2Cl)cc1F. The molecule has 3 rings (SSSR count). The Bertz CT molecular complexity index is 1130. The molecule has 0 fully saturated rings. The van der Waals surface area contributed by atoms with Crippen molar-refractivity contribution in [3.63, 3.8) is 0 Å². The van der Waals surface area contributed by atoms with E-state index in [0.29, 0.717) is 10.6 Å². The molecule has 0 saturated carbocycles. The van der Waals surface area contributed by atoms with Crippen molar-refractivity contribution in [1.29, 1.82) is 0 Å². The first-order valence-corrected chi connectivity index (χ1v) is 9.10. The van der Waals surface area contributed by atoms with Gasteiger partial charge in [0.05, 0.1) is 21.2 Å². The number of carboxylic acids is 1. The highest BCUT2D eigenvalue weighted by atomic mass is 35.5. The van der Waals surface area contributed by atoms with Gasteiger partial charge in [0, 0.05) is 10.6 Å². The van der Waals surface area contributed by atoms with Crippen molar-refractivity contribution in [1.82, 2.24) is 0 Å². The number of carboxylic acid groups (broad SMARTS) is 1. The van der Waals surface area contributed by atoms with Gasteiger partial charge < -0.3 is 10.4 Å². The molecule has 4 nitrogen and oxygen atoms in total. The van der Waals surface area contributed by atoms with Gasteiger partial charge in [0.15, 0.2) is 0 Å². The predicted molar refractivity (Wildman–Crippen MR) is 108 cm³/mol. The van der Waals surface area contributed by atoms with E-state index in [-0.39, 0.29) is 15.6 Å². The summed E-state index contributed by atoms with van der Waals surface area (Å²) in [6, 6.07) is 10.5. The molecule has 0 unspecified atom stereocenters. The Labute approximate surface area is 178 Å². The number of carbonyl (C=O) groups is 2. The van der Waals surface area contributed by atoms with Gasteiger partial charge in [0.1, 0.15) is 17.3 Å². The number of anilines is 1. The second-order valence-electron chi connectivity index (χ2n) is 5.87. The quantitative estimate of drug-likeness (QED) is 0.468. The summed E-state index contributed by atoms with van der Waals surface area (Å²) in [6.45, 7) is 0. The fourth-order valence-electron chi connectivity index (χ4n) is 2.64. The molecule has 3 aromatic rings. The number of aromatic carboxylic acids is 1. The molecule has 0 aliphatic rings. The summed E-state index contributed by atoms with van der Waals surface area (Å²) in [7, 11) is 0. The van der Waals surface area contributed by atoms with E-state index in [9.17, 15) is 23.5 Å². The third-order valence-corrected chi connectivity index (χ3v) is 5.05. The van der Waals surface area contributed by atoms with Gasteiger partial charge in [0.2, 0.25) is 0 Å². The summed E-state index contributed by atoms with van der Waals surface area (Å²) in [5, 5.41) is 11.4. The van der Waals surface area contributed by atoms with E-state index in [4.69, 9.17) is 34.8 Å². The lowest BCUT2D eigenvalue weighted by molar-refractivity contribution is 0.0692. The Morgan fingerprint density at radius 2 is 1.38 bits per heavy atom. The molecule has 3 aromatic carbocycles. The molecule has 0 aromatic heterocycles. The van der Waals surface area contributed by atoms with Crippen LogP contribution in [0.15, 0.2) is 48.5 Å². The van der Waals surface area contributed by atoms with Crippen LogP contribution in [0.5, 0.6) is 0 Å². The van der Waals surface area contributed by atoms with Crippen LogP contribution in [0.1, 0.15) is 20.7 Å². The number of carbonyl (C=O) groups excluding carboxylic acids is 1. The van der Waals surface area contributed by atoms with Gasteiger partial charge in [-0.1, -0.05) is 53.0 Å². The fraction of sp³-hybridized carbons (Fsp3) is 0. The number of nitrogens with one attached hydrogen (secondary N) is 1. The lowest BCUT2D eigenvalue weighted by atomic mass is 10.0. The Balaban J connectivity index is 2.00. The first kappa shape index (κ1) is 21.0. The van der Waals surface area contributed by atoms with Crippen LogP contribution in [0.2, 0.25) is 15.1 Å². The van der Waals surface area contributed by atoms with E-state index >= 15 is 0 Å². The molecule has 148 valence electrons. The summed E-state index contributed by atoms with van der Waals surface area (Å²) in [5.74, 6) is -4.65. The van der Waals surface area contributed by atoms with Gasteiger partial charge in [-0.2, -0.15) is 0 Å². The molecule has 0 aliphatic carbocycles. The monoisotopic (exact) mass is 455 g/mol. The molecule has 0 spiro atoms. The van der Waals surface area contributed by atoms with E-state index in [1.54, 1.807) is 24.3 Å². The molecule has 0 bridgehead atoms. The van der Waals surface area contributed by atoms with E-state index < -0.39 is 40.3 Å². The first-order valence-electron chi connectivity index (χ1n) is 7.96. The average Bonchev–Trinajstić information content (AvgIpc) is 2.66. The van der Waals surface area contributed by atoms with Crippen LogP contribution in [0.4, 0.5) is 14.5 Å². The average molecular weight is 457 g/mol. The zero-order valence-electron chi connectivity index (χ0n) is 14.3. The number of hydrogen-bond acceptors (Lipinski definition) is 2. The van der Waals surface area contributed by atoms with Crippen molar-refractivity contribution in [3.8, 4) is 11.1 Å². The van der Waals surface area contributed by atoms with E-state index in [2.05, 4.69) is 0 Å². The third kappa shape index (κ3) is 4.34. The zero-order valence-corrected chi connectivity index (χ0v) is 16.5. The molecular formula is C20H10Cl3F2NO3. The molecule has 0 heterocycles.